The summed E-state index contributed by atoms with van der Waals surface area (Å²) in [6.45, 7) is 4.52. The number of carbonyl (C=O) groups excluding carboxylic acids is 1. The summed E-state index contributed by atoms with van der Waals surface area (Å²) in [5.74, 6) is 1.07. The van der Waals surface area contributed by atoms with Gasteiger partial charge in [-0.05, 0) is 61.9 Å². The van der Waals surface area contributed by atoms with Gasteiger partial charge in [0.2, 0.25) is 6.79 Å². The zero-order valence-corrected chi connectivity index (χ0v) is 16.0. The Labute approximate surface area is 162 Å². The number of benzene rings is 2. The van der Waals surface area contributed by atoms with Crippen molar-refractivity contribution in [1.29, 1.82) is 0 Å². The average molecular weight is 380 g/mol. The number of hydrogen-bond donors (Lipinski definition) is 0. The van der Waals surface area contributed by atoms with Crippen molar-refractivity contribution in [2.24, 2.45) is 0 Å². The van der Waals surface area contributed by atoms with Crippen LogP contribution in [0.2, 0.25) is 0 Å². The van der Waals surface area contributed by atoms with Gasteiger partial charge in [-0.25, -0.2) is 4.39 Å². The van der Waals surface area contributed by atoms with E-state index < -0.39 is 0 Å². The number of aryl methyl sites for hydroxylation is 1. The van der Waals surface area contributed by atoms with Gasteiger partial charge in [-0.3, -0.25) is 4.79 Å². The first-order valence-electron chi connectivity index (χ1n) is 9.03. The Hall–Kier alpha value is -3.28. The highest BCUT2D eigenvalue weighted by Crippen LogP contribution is 2.33. The molecule has 1 aliphatic heterocycles. The van der Waals surface area contributed by atoms with Crippen molar-refractivity contribution in [2.45, 2.75) is 20.4 Å². The van der Waals surface area contributed by atoms with E-state index in [-0.39, 0.29) is 18.5 Å². The smallest absolute Gasteiger partial charge is 0.255 e. The predicted molar refractivity (Wildman–Crippen MR) is 104 cm³/mol. The molecule has 6 heteroatoms. The van der Waals surface area contributed by atoms with Crippen LogP contribution in [0.5, 0.6) is 11.5 Å². The van der Waals surface area contributed by atoms with E-state index >= 15 is 0 Å². The van der Waals surface area contributed by atoms with Crippen LogP contribution in [-0.4, -0.2) is 29.2 Å². The highest BCUT2D eigenvalue weighted by molar-refractivity contribution is 5.95. The van der Waals surface area contributed by atoms with Crippen LogP contribution in [0, 0.1) is 19.7 Å². The number of halogens is 1. The normalized spacial score (nSPS) is 12.3. The Morgan fingerprint density at radius 2 is 1.79 bits per heavy atom. The molecule has 4 rings (SSSR count). The van der Waals surface area contributed by atoms with Crippen LogP contribution >= 0.6 is 0 Å². The fraction of sp³-hybridized carbons (Fsp3) is 0.227. The summed E-state index contributed by atoms with van der Waals surface area (Å²) >= 11 is 0. The fourth-order valence-corrected chi connectivity index (χ4v) is 3.56. The van der Waals surface area contributed by atoms with E-state index in [0.717, 1.165) is 28.4 Å². The third-order valence-electron chi connectivity index (χ3n) is 4.95. The molecule has 1 aromatic heterocycles. The Kier molecular flexibility index (Phi) is 4.55. The molecule has 1 aliphatic rings. The molecule has 0 aliphatic carbocycles. The van der Waals surface area contributed by atoms with E-state index in [2.05, 4.69) is 0 Å². The Morgan fingerprint density at radius 3 is 2.54 bits per heavy atom. The van der Waals surface area contributed by atoms with Crippen LogP contribution in [0.4, 0.5) is 4.39 Å². The quantitative estimate of drug-likeness (QED) is 0.680. The number of amides is 1. The van der Waals surface area contributed by atoms with Crippen LogP contribution in [0.3, 0.4) is 0 Å². The predicted octanol–water partition coefficient (Wildman–Crippen LogP) is 4.23. The molecule has 0 unspecified atom stereocenters. The lowest BCUT2D eigenvalue weighted by atomic mass is 10.1. The molecule has 0 spiro atoms. The molecule has 0 bridgehead atoms. The van der Waals surface area contributed by atoms with Gasteiger partial charge in [0.15, 0.2) is 11.5 Å². The third-order valence-corrected chi connectivity index (χ3v) is 4.95. The van der Waals surface area contributed by atoms with Crippen LogP contribution in [0.15, 0.2) is 48.5 Å². The van der Waals surface area contributed by atoms with E-state index in [9.17, 15) is 9.18 Å². The first-order chi connectivity index (χ1) is 13.4. The van der Waals surface area contributed by atoms with Crippen molar-refractivity contribution in [2.75, 3.05) is 13.8 Å². The van der Waals surface area contributed by atoms with E-state index in [4.69, 9.17) is 9.47 Å². The molecule has 2 heterocycles. The molecule has 5 nitrogen and oxygen atoms in total. The number of rotatable bonds is 4. The summed E-state index contributed by atoms with van der Waals surface area (Å²) in [6, 6.07) is 13.8. The second kappa shape index (κ2) is 7.03. The van der Waals surface area contributed by atoms with Crippen LogP contribution in [0.25, 0.3) is 5.69 Å². The maximum atomic E-state index is 13.2. The largest absolute Gasteiger partial charge is 0.454 e. The second-order valence-electron chi connectivity index (χ2n) is 6.95. The number of aromatic nitrogens is 1. The molecule has 1 amide bonds. The van der Waals surface area contributed by atoms with Gasteiger partial charge >= 0.3 is 0 Å². The van der Waals surface area contributed by atoms with Gasteiger partial charge in [0.25, 0.3) is 5.91 Å². The molecule has 0 N–H and O–H groups in total. The molecule has 0 radical (unpaired) electrons. The number of carbonyl (C=O) groups is 1. The van der Waals surface area contributed by atoms with E-state index in [1.165, 1.54) is 12.1 Å². The Balaban J connectivity index is 1.57. The van der Waals surface area contributed by atoms with Crippen molar-refractivity contribution >= 4 is 5.91 Å². The molecule has 144 valence electrons. The molecule has 0 saturated heterocycles. The van der Waals surface area contributed by atoms with Crippen molar-refractivity contribution in [3.05, 3.63) is 76.9 Å². The zero-order chi connectivity index (χ0) is 19.8. The molecule has 0 saturated carbocycles. The second-order valence-corrected chi connectivity index (χ2v) is 6.95. The molecule has 2 aromatic carbocycles. The summed E-state index contributed by atoms with van der Waals surface area (Å²) in [7, 11) is 1.77. The van der Waals surface area contributed by atoms with Gasteiger partial charge in [0.1, 0.15) is 5.82 Å². The van der Waals surface area contributed by atoms with Gasteiger partial charge in [0, 0.05) is 30.7 Å². The van der Waals surface area contributed by atoms with Gasteiger partial charge in [-0.1, -0.05) is 6.07 Å². The fourth-order valence-electron chi connectivity index (χ4n) is 3.56. The zero-order valence-electron chi connectivity index (χ0n) is 16.0. The first-order valence-corrected chi connectivity index (χ1v) is 9.03. The van der Waals surface area contributed by atoms with Crippen molar-refractivity contribution in [3.63, 3.8) is 0 Å². The lowest BCUT2D eigenvalue weighted by molar-refractivity contribution is 0.0784. The first kappa shape index (κ1) is 18.1. The maximum absolute atomic E-state index is 13.2. The summed E-state index contributed by atoms with van der Waals surface area (Å²) in [4.78, 5) is 14.7. The number of hydrogen-bond acceptors (Lipinski definition) is 3. The van der Waals surface area contributed by atoms with Crippen molar-refractivity contribution < 1.29 is 18.7 Å². The highest BCUT2D eigenvalue weighted by Gasteiger charge is 2.21. The van der Waals surface area contributed by atoms with Crippen LogP contribution in [0.1, 0.15) is 27.3 Å². The van der Waals surface area contributed by atoms with Gasteiger partial charge < -0.3 is 18.9 Å². The highest BCUT2D eigenvalue weighted by atomic mass is 19.1. The summed E-state index contributed by atoms with van der Waals surface area (Å²) in [5, 5.41) is 0. The lowest BCUT2D eigenvalue weighted by Crippen LogP contribution is -2.26. The lowest BCUT2D eigenvalue weighted by Gasteiger charge is -2.18. The topological polar surface area (TPSA) is 43.7 Å². The molecular formula is C22H21FN2O3. The summed E-state index contributed by atoms with van der Waals surface area (Å²) in [6.07, 6.45) is 0. The molecule has 0 fully saturated rings. The molecule has 0 atom stereocenters. The van der Waals surface area contributed by atoms with Crippen molar-refractivity contribution in [1.82, 2.24) is 9.47 Å². The van der Waals surface area contributed by atoms with Crippen molar-refractivity contribution in [3.8, 4) is 17.2 Å². The van der Waals surface area contributed by atoms with E-state index in [1.807, 2.05) is 42.7 Å². The minimum absolute atomic E-state index is 0.0703. The SMILES string of the molecule is Cc1cc(C(=O)N(C)Cc2ccc3c(c2)OCO3)c(C)n1-c1ccc(F)cc1. The Morgan fingerprint density at radius 1 is 1.07 bits per heavy atom. The number of fused-ring (bicyclic) bond motifs is 1. The standard InChI is InChI=1S/C22H21FN2O3/c1-14-10-19(15(2)25(14)18-7-5-17(23)6-8-18)22(26)24(3)12-16-4-9-20-21(11-16)28-13-27-20/h4-11H,12-13H2,1-3H3. The summed E-state index contributed by atoms with van der Waals surface area (Å²) in [5.41, 5.74) is 4.17. The van der Waals surface area contributed by atoms with Crippen LogP contribution < -0.4 is 9.47 Å². The minimum atomic E-state index is -0.286. The van der Waals surface area contributed by atoms with Crippen LogP contribution in [-0.2, 0) is 6.54 Å². The van der Waals surface area contributed by atoms with E-state index in [0.29, 0.717) is 17.9 Å². The van der Waals surface area contributed by atoms with E-state index in [1.54, 1.807) is 24.1 Å². The molecule has 28 heavy (non-hydrogen) atoms. The number of nitrogens with zero attached hydrogens (tertiary/aromatic N) is 2. The summed E-state index contributed by atoms with van der Waals surface area (Å²) < 4.78 is 25.9. The molecular weight excluding hydrogens is 359 g/mol. The van der Waals surface area contributed by atoms with Gasteiger partial charge in [0.05, 0.1) is 5.56 Å². The molecule has 3 aromatic rings. The average Bonchev–Trinajstić information content (AvgIpc) is 3.25. The third kappa shape index (κ3) is 3.22. The maximum Gasteiger partial charge on any atom is 0.255 e. The number of ether oxygens (including phenoxy) is 2. The van der Waals surface area contributed by atoms with Gasteiger partial charge in [-0.15, -0.1) is 0 Å². The van der Waals surface area contributed by atoms with Gasteiger partial charge in [-0.2, -0.15) is 0 Å². The monoisotopic (exact) mass is 380 g/mol. The minimum Gasteiger partial charge on any atom is -0.454 e. The Bertz CT molecular complexity index is 1040.